The van der Waals surface area contributed by atoms with Gasteiger partial charge in [-0.15, -0.1) is 0 Å². The van der Waals surface area contributed by atoms with Crippen molar-refractivity contribution >= 4 is 12.4 Å². The van der Waals surface area contributed by atoms with Gasteiger partial charge in [0.2, 0.25) is 11.5 Å². The Morgan fingerprint density at radius 1 is 0.621 bits per heavy atom. The maximum Gasteiger partial charge on any atom is 0.203 e. The summed E-state index contributed by atoms with van der Waals surface area (Å²) in [5.74, 6) is 2.36. The molecule has 0 aliphatic heterocycles. The third-order valence-electron chi connectivity index (χ3n) is 4.44. The van der Waals surface area contributed by atoms with Crippen LogP contribution in [0.15, 0.2) is 18.2 Å². The fourth-order valence-electron chi connectivity index (χ4n) is 3.27. The zero-order valence-corrected chi connectivity index (χ0v) is 17.7. The van der Waals surface area contributed by atoms with Gasteiger partial charge in [0.05, 0.1) is 42.7 Å². The molecule has 0 aliphatic carbocycles. The molecule has 0 N–H and O–H groups in total. The number of rotatable bonds is 9. The number of aldehydes is 1. The summed E-state index contributed by atoms with van der Waals surface area (Å²) < 4.78 is 33.2. The van der Waals surface area contributed by atoms with Crippen molar-refractivity contribution in [2.75, 3.05) is 42.7 Å². The third kappa shape index (κ3) is 3.81. The molecule has 7 heteroatoms. The lowest BCUT2D eigenvalue weighted by molar-refractivity contribution is 0.112. The molecule has 0 aromatic heterocycles. The molecule has 2 aromatic rings. The first-order valence-electron chi connectivity index (χ1n) is 8.80. The highest BCUT2D eigenvalue weighted by molar-refractivity contribution is 5.99. The molecule has 2 rings (SSSR count). The maximum atomic E-state index is 12.0. The van der Waals surface area contributed by atoms with Gasteiger partial charge >= 0.3 is 0 Å². The van der Waals surface area contributed by atoms with E-state index in [9.17, 15) is 4.79 Å². The molecule has 0 aliphatic rings. The van der Waals surface area contributed by atoms with Gasteiger partial charge in [-0.25, -0.2) is 0 Å². The molecular weight excluding hydrogens is 376 g/mol. The molecule has 0 saturated heterocycles. The molecule has 0 atom stereocenters. The van der Waals surface area contributed by atoms with Crippen LogP contribution in [0.25, 0.3) is 17.2 Å². The van der Waals surface area contributed by atoms with Crippen molar-refractivity contribution in [3.8, 4) is 45.6 Å². The quantitative estimate of drug-likeness (QED) is 0.581. The van der Waals surface area contributed by atoms with Gasteiger partial charge in [0.25, 0.3) is 0 Å². The Hall–Kier alpha value is -3.35. The van der Waals surface area contributed by atoms with Gasteiger partial charge in [-0.2, -0.15) is 0 Å². The Labute approximate surface area is 170 Å². The molecule has 156 valence electrons. The first-order chi connectivity index (χ1) is 14.1. The van der Waals surface area contributed by atoms with Crippen molar-refractivity contribution in [1.82, 2.24) is 0 Å². The molecule has 0 unspecified atom stereocenters. The molecular formula is C22H26O7. The van der Waals surface area contributed by atoms with Crippen molar-refractivity contribution in [1.29, 1.82) is 0 Å². The minimum Gasteiger partial charge on any atom is -0.493 e. The largest absolute Gasteiger partial charge is 0.493 e. The van der Waals surface area contributed by atoms with Gasteiger partial charge in [0.1, 0.15) is 0 Å². The van der Waals surface area contributed by atoms with Crippen LogP contribution in [0.4, 0.5) is 0 Å². The van der Waals surface area contributed by atoms with Crippen molar-refractivity contribution < 1.29 is 33.2 Å². The highest BCUT2D eigenvalue weighted by atomic mass is 16.5. The topological polar surface area (TPSA) is 72.5 Å². The predicted octanol–water partition coefficient (Wildman–Crippen LogP) is 4.25. The average molecular weight is 402 g/mol. The highest BCUT2D eigenvalue weighted by Crippen LogP contribution is 2.53. The number of methoxy groups -OCH3 is 6. The van der Waals surface area contributed by atoms with Gasteiger partial charge in [-0.05, 0) is 24.6 Å². The molecule has 0 spiro atoms. The number of carbonyl (C=O) groups is 1. The summed E-state index contributed by atoms with van der Waals surface area (Å²) in [6, 6.07) is 3.40. The Balaban J connectivity index is 3.13. The van der Waals surface area contributed by atoms with Crippen molar-refractivity contribution in [3.63, 3.8) is 0 Å². The monoisotopic (exact) mass is 402 g/mol. The van der Waals surface area contributed by atoms with Crippen LogP contribution in [-0.4, -0.2) is 48.9 Å². The number of benzene rings is 2. The third-order valence-corrected chi connectivity index (χ3v) is 4.44. The van der Waals surface area contributed by atoms with Crippen LogP contribution in [0.1, 0.15) is 22.8 Å². The second kappa shape index (κ2) is 9.73. The number of hydrogen-bond acceptors (Lipinski definition) is 7. The van der Waals surface area contributed by atoms with Gasteiger partial charge in [0.15, 0.2) is 29.3 Å². The molecule has 0 amide bonds. The average Bonchev–Trinajstić information content (AvgIpc) is 2.76. The smallest absolute Gasteiger partial charge is 0.203 e. The molecule has 0 radical (unpaired) electrons. The van der Waals surface area contributed by atoms with E-state index < -0.39 is 0 Å². The van der Waals surface area contributed by atoms with E-state index in [4.69, 9.17) is 28.4 Å². The van der Waals surface area contributed by atoms with E-state index in [1.165, 1.54) is 35.5 Å². The second-order valence-corrected chi connectivity index (χ2v) is 5.84. The molecule has 7 nitrogen and oxygen atoms in total. The van der Waals surface area contributed by atoms with Crippen molar-refractivity contribution in [2.24, 2.45) is 0 Å². The zero-order chi connectivity index (χ0) is 21.6. The van der Waals surface area contributed by atoms with Crippen LogP contribution in [0, 0.1) is 0 Å². The van der Waals surface area contributed by atoms with Gasteiger partial charge in [0, 0.05) is 16.7 Å². The van der Waals surface area contributed by atoms with E-state index >= 15 is 0 Å². The minimum atomic E-state index is 0.338. The first-order valence-corrected chi connectivity index (χ1v) is 8.80. The Morgan fingerprint density at radius 2 is 1.03 bits per heavy atom. The summed E-state index contributed by atoms with van der Waals surface area (Å²) in [7, 11) is 9.08. The Bertz CT molecular complexity index is 916. The molecule has 0 saturated carbocycles. The van der Waals surface area contributed by atoms with Crippen molar-refractivity contribution in [3.05, 3.63) is 29.3 Å². The Morgan fingerprint density at radius 3 is 1.38 bits per heavy atom. The van der Waals surface area contributed by atoms with Gasteiger partial charge < -0.3 is 28.4 Å². The zero-order valence-electron chi connectivity index (χ0n) is 17.7. The van der Waals surface area contributed by atoms with Gasteiger partial charge in [-0.1, -0.05) is 12.2 Å². The van der Waals surface area contributed by atoms with E-state index in [0.29, 0.717) is 51.2 Å². The first kappa shape index (κ1) is 21.9. The fourth-order valence-corrected chi connectivity index (χ4v) is 3.27. The standard InChI is InChI=1S/C22H26O7/c1-8-9-13-10-15(24-2)19(26-4)21(28-6)17(13)18-14(12-23)11-16(25-3)20(27-5)22(18)29-7/h8-12H,1-7H3/b9-8-. The van der Waals surface area contributed by atoms with E-state index in [1.807, 2.05) is 19.1 Å². The van der Waals surface area contributed by atoms with Crippen LogP contribution in [0.2, 0.25) is 0 Å². The van der Waals surface area contributed by atoms with Crippen molar-refractivity contribution in [2.45, 2.75) is 6.92 Å². The van der Waals surface area contributed by atoms with Crippen LogP contribution in [0.5, 0.6) is 34.5 Å². The lowest BCUT2D eigenvalue weighted by atomic mass is 9.92. The summed E-state index contributed by atoms with van der Waals surface area (Å²) in [5.41, 5.74) is 2.18. The summed E-state index contributed by atoms with van der Waals surface area (Å²) in [6.07, 6.45) is 4.48. The lowest BCUT2D eigenvalue weighted by Crippen LogP contribution is -2.04. The molecule has 0 heterocycles. The predicted molar refractivity (Wildman–Crippen MR) is 111 cm³/mol. The maximum absolute atomic E-state index is 12.0. The second-order valence-electron chi connectivity index (χ2n) is 5.84. The van der Waals surface area contributed by atoms with Crippen LogP contribution >= 0.6 is 0 Å². The summed E-state index contributed by atoms with van der Waals surface area (Å²) in [6.45, 7) is 1.89. The fraction of sp³-hybridized carbons (Fsp3) is 0.318. The summed E-state index contributed by atoms with van der Waals surface area (Å²) >= 11 is 0. The molecule has 2 aromatic carbocycles. The minimum absolute atomic E-state index is 0.338. The molecule has 0 fully saturated rings. The molecule has 29 heavy (non-hydrogen) atoms. The number of ether oxygens (including phenoxy) is 6. The number of carbonyl (C=O) groups excluding carboxylic acids is 1. The number of allylic oxidation sites excluding steroid dienone is 1. The summed E-state index contributed by atoms with van der Waals surface area (Å²) in [5, 5.41) is 0. The normalized spacial score (nSPS) is 10.6. The lowest BCUT2D eigenvalue weighted by Gasteiger charge is -2.23. The Kier molecular flexibility index (Phi) is 7.36. The summed E-state index contributed by atoms with van der Waals surface area (Å²) in [4.78, 5) is 12.0. The van der Waals surface area contributed by atoms with Gasteiger partial charge in [-0.3, -0.25) is 4.79 Å². The molecule has 0 bridgehead atoms. The van der Waals surface area contributed by atoms with E-state index in [0.717, 1.165) is 11.8 Å². The van der Waals surface area contributed by atoms with E-state index in [2.05, 4.69) is 0 Å². The van der Waals surface area contributed by atoms with Crippen LogP contribution in [0.3, 0.4) is 0 Å². The highest BCUT2D eigenvalue weighted by Gasteiger charge is 2.28. The SMILES string of the molecule is C/C=C\c1cc(OC)c(OC)c(OC)c1-c1c(C=O)cc(OC)c(OC)c1OC. The van der Waals surface area contributed by atoms with E-state index in [-0.39, 0.29) is 0 Å². The number of hydrogen-bond donors (Lipinski definition) is 0. The van der Waals surface area contributed by atoms with Crippen LogP contribution in [-0.2, 0) is 0 Å². The van der Waals surface area contributed by atoms with E-state index in [1.54, 1.807) is 19.2 Å². The van der Waals surface area contributed by atoms with Crippen LogP contribution < -0.4 is 28.4 Å².